The number of amides is 1. The van der Waals surface area contributed by atoms with Crippen LogP contribution in [-0.2, 0) is 4.79 Å². The van der Waals surface area contributed by atoms with Gasteiger partial charge >= 0.3 is 0 Å². The van der Waals surface area contributed by atoms with Crippen molar-refractivity contribution in [3.8, 4) is 11.5 Å². The van der Waals surface area contributed by atoms with Gasteiger partial charge in [0.05, 0.1) is 12.8 Å². The van der Waals surface area contributed by atoms with Crippen LogP contribution in [0, 0.1) is 5.92 Å². The fourth-order valence-electron chi connectivity index (χ4n) is 2.73. The summed E-state index contributed by atoms with van der Waals surface area (Å²) in [4.78, 5) is 14.7. The Morgan fingerprint density at radius 3 is 2.56 bits per heavy atom. The molecule has 1 heterocycles. The molecule has 2 aromatic carbocycles. The van der Waals surface area contributed by atoms with Crippen LogP contribution in [0.5, 0.6) is 11.5 Å². The van der Waals surface area contributed by atoms with E-state index in [-0.39, 0.29) is 5.91 Å². The van der Waals surface area contributed by atoms with Gasteiger partial charge in [0.1, 0.15) is 5.75 Å². The molecule has 0 atom stereocenters. The molecule has 0 aromatic heterocycles. The Bertz CT molecular complexity index is 810. The molecule has 5 heteroatoms. The number of hydrogen-bond donors (Lipinski definition) is 1. The summed E-state index contributed by atoms with van der Waals surface area (Å²) in [6.45, 7) is 4.74. The second-order valence-electron chi connectivity index (χ2n) is 6.42. The van der Waals surface area contributed by atoms with Crippen LogP contribution in [0.3, 0.4) is 0 Å². The SMILES string of the molecule is COc1ccc(/C=C2/Oc3ccc(N)cc3N(CC(C)C)C2=O)cc1. The maximum Gasteiger partial charge on any atom is 0.294 e. The van der Waals surface area contributed by atoms with Crippen molar-refractivity contribution in [2.75, 3.05) is 24.3 Å². The number of methoxy groups -OCH3 is 1. The van der Waals surface area contributed by atoms with Gasteiger partial charge in [-0.05, 0) is 47.9 Å². The summed E-state index contributed by atoms with van der Waals surface area (Å²) >= 11 is 0. The van der Waals surface area contributed by atoms with Crippen molar-refractivity contribution in [2.45, 2.75) is 13.8 Å². The van der Waals surface area contributed by atoms with E-state index in [2.05, 4.69) is 13.8 Å². The molecule has 0 saturated carbocycles. The highest BCUT2D eigenvalue weighted by Crippen LogP contribution is 2.37. The third-order valence-electron chi connectivity index (χ3n) is 3.91. The molecule has 2 aromatic rings. The number of rotatable bonds is 4. The first kappa shape index (κ1) is 16.9. The van der Waals surface area contributed by atoms with Gasteiger partial charge in [-0.25, -0.2) is 0 Å². The normalized spacial score (nSPS) is 15.3. The number of anilines is 2. The average Bonchev–Trinajstić information content (AvgIpc) is 2.59. The van der Waals surface area contributed by atoms with Crippen LogP contribution in [0.4, 0.5) is 11.4 Å². The van der Waals surface area contributed by atoms with Gasteiger partial charge < -0.3 is 20.1 Å². The highest BCUT2D eigenvalue weighted by Gasteiger charge is 2.30. The van der Waals surface area contributed by atoms with Crippen molar-refractivity contribution in [2.24, 2.45) is 5.92 Å². The summed E-state index contributed by atoms with van der Waals surface area (Å²) in [6.07, 6.45) is 1.74. The van der Waals surface area contributed by atoms with E-state index in [9.17, 15) is 4.79 Å². The van der Waals surface area contributed by atoms with E-state index < -0.39 is 0 Å². The van der Waals surface area contributed by atoms with Crippen molar-refractivity contribution in [3.63, 3.8) is 0 Å². The summed E-state index contributed by atoms with van der Waals surface area (Å²) in [5, 5.41) is 0. The molecule has 25 heavy (non-hydrogen) atoms. The smallest absolute Gasteiger partial charge is 0.294 e. The number of carbonyl (C=O) groups is 1. The molecule has 0 radical (unpaired) electrons. The van der Waals surface area contributed by atoms with Crippen molar-refractivity contribution >= 4 is 23.4 Å². The fraction of sp³-hybridized carbons (Fsp3) is 0.250. The van der Waals surface area contributed by atoms with Gasteiger partial charge in [0.25, 0.3) is 5.91 Å². The Kier molecular flexibility index (Phi) is 4.65. The molecule has 0 bridgehead atoms. The van der Waals surface area contributed by atoms with Crippen molar-refractivity contribution < 1.29 is 14.3 Å². The number of carbonyl (C=O) groups excluding carboxylic acids is 1. The number of benzene rings is 2. The van der Waals surface area contributed by atoms with E-state index in [1.54, 1.807) is 36.3 Å². The Labute approximate surface area is 147 Å². The number of nitrogens with zero attached hydrogens (tertiary/aromatic N) is 1. The van der Waals surface area contributed by atoms with E-state index in [0.29, 0.717) is 35.3 Å². The van der Waals surface area contributed by atoms with Crippen molar-refractivity contribution in [3.05, 3.63) is 53.8 Å². The molecule has 0 unspecified atom stereocenters. The minimum Gasteiger partial charge on any atom is -0.497 e. The number of fused-ring (bicyclic) bond motifs is 1. The first-order valence-electron chi connectivity index (χ1n) is 8.23. The van der Waals surface area contributed by atoms with Gasteiger partial charge in [0.2, 0.25) is 0 Å². The van der Waals surface area contributed by atoms with Crippen molar-refractivity contribution in [1.82, 2.24) is 0 Å². The maximum absolute atomic E-state index is 12.9. The second kappa shape index (κ2) is 6.89. The van der Waals surface area contributed by atoms with E-state index in [1.165, 1.54) is 0 Å². The molecule has 0 aliphatic carbocycles. The van der Waals surface area contributed by atoms with Crippen LogP contribution >= 0.6 is 0 Å². The topological polar surface area (TPSA) is 64.8 Å². The minimum absolute atomic E-state index is 0.164. The van der Waals surface area contributed by atoms with Crippen LogP contribution < -0.4 is 20.1 Å². The maximum atomic E-state index is 12.9. The van der Waals surface area contributed by atoms with E-state index in [1.807, 2.05) is 24.3 Å². The van der Waals surface area contributed by atoms with E-state index >= 15 is 0 Å². The lowest BCUT2D eigenvalue weighted by molar-refractivity contribution is -0.117. The van der Waals surface area contributed by atoms with Crippen LogP contribution in [0.2, 0.25) is 0 Å². The predicted molar refractivity (Wildman–Crippen MR) is 99.6 cm³/mol. The third-order valence-corrected chi connectivity index (χ3v) is 3.91. The molecule has 1 amide bonds. The lowest BCUT2D eigenvalue weighted by Crippen LogP contribution is -2.39. The quantitative estimate of drug-likeness (QED) is 0.682. The number of hydrogen-bond acceptors (Lipinski definition) is 4. The summed E-state index contributed by atoms with van der Waals surface area (Å²) < 4.78 is 11.0. The first-order valence-corrected chi connectivity index (χ1v) is 8.23. The summed E-state index contributed by atoms with van der Waals surface area (Å²) in [7, 11) is 1.62. The zero-order valence-corrected chi connectivity index (χ0v) is 14.7. The zero-order chi connectivity index (χ0) is 18.0. The molecule has 0 saturated heterocycles. The van der Waals surface area contributed by atoms with Gasteiger partial charge in [-0.3, -0.25) is 4.79 Å². The molecule has 0 spiro atoms. The molecular formula is C20H22N2O3. The highest BCUT2D eigenvalue weighted by atomic mass is 16.5. The average molecular weight is 338 g/mol. The molecule has 2 N–H and O–H groups in total. The lowest BCUT2D eigenvalue weighted by Gasteiger charge is -2.32. The van der Waals surface area contributed by atoms with E-state index in [0.717, 1.165) is 11.3 Å². The number of nitrogen functional groups attached to an aromatic ring is 1. The molecular weight excluding hydrogens is 316 g/mol. The first-order chi connectivity index (χ1) is 12.0. The van der Waals surface area contributed by atoms with E-state index in [4.69, 9.17) is 15.2 Å². The summed E-state index contributed by atoms with van der Waals surface area (Å²) in [5.41, 5.74) is 8.07. The van der Waals surface area contributed by atoms with Crippen LogP contribution in [0.15, 0.2) is 48.2 Å². The molecule has 130 valence electrons. The lowest BCUT2D eigenvalue weighted by atomic mass is 10.1. The Hall–Kier alpha value is -2.95. The second-order valence-corrected chi connectivity index (χ2v) is 6.42. The van der Waals surface area contributed by atoms with Gasteiger partial charge in [-0.1, -0.05) is 26.0 Å². The monoisotopic (exact) mass is 338 g/mol. The molecule has 0 fully saturated rings. The number of ether oxygens (including phenoxy) is 2. The van der Waals surface area contributed by atoms with Gasteiger partial charge in [-0.15, -0.1) is 0 Å². The Morgan fingerprint density at radius 2 is 1.92 bits per heavy atom. The predicted octanol–water partition coefficient (Wildman–Crippen LogP) is 3.70. The van der Waals surface area contributed by atoms with Crippen molar-refractivity contribution in [1.29, 1.82) is 0 Å². The zero-order valence-electron chi connectivity index (χ0n) is 14.7. The van der Waals surface area contributed by atoms with Crippen LogP contribution in [0.1, 0.15) is 19.4 Å². The molecule has 5 nitrogen and oxygen atoms in total. The Morgan fingerprint density at radius 1 is 1.20 bits per heavy atom. The number of nitrogens with two attached hydrogens (primary N) is 1. The third kappa shape index (κ3) is 3.60. The molecule has 1 aliphatic rings. The summed E-state index contributed by atoms with van der Waals surface area (Å²) in [6, 6.07) is 12.8. The van der Waals surface area contributed by atoms with Gasteiger partial charge in [0.15, 0.2) is 11.5 Å². The van der Waals surface area contributed by atoms with Gasteiger partial charge in [-0.2, -0.15) is 0 Å². The Balaban J connectivity index is 1.99. The van der Waals surface area contributed by atoms with Gasteiger partial charge in [0, 0.05) is 12.2 Å². The molecule has 1 aliphatic heterocycles. The fourth-order valence-corrected chi connectivity index (χ4v) is 2.73. The molecule has 3 rings (SSSR count). The highest BCUT2D eigenvalue weighted by molar-refractivity contribution is 6.10. The standard InChI is InChI=1S/C20H22N2O3/c1-13(2)12-22-17-11-15(21)6-9-18(17)25-19(20(22)23)10-14-4-7-16(24-3)8-5-14/h4-11,13H,12,21H2,1-3H3/b19-10+. The summed E-state index contributed by atoms with van der Waals surface area (Å²) in [5.74, 6) is 1.85. The van der Waals surface area contributed by atoms with Crippen LogP contribution in [-0.4, -0.2) is 19.6 Å². The minimum atomic E-state index is -0.164. The largest absolute Gasteiger partial charge is 0.497 e. The van der Waals surface area contributed by atoms with Crippen LogP contribution in [0.25, 0.3) is 6.08 Å².